The van der Waals surface area contributed by atoms with E-state index in [1.165, 1.54) is 11.0 Å². The number of anilines is 1. The van der Waals surface area contributed by atoms with Crippen LogP contribution in [0.3, 0.4) is 0 Å². The topological polar surface area (TPSA) is 121 Å². The predicted octanol–water partition coefficient (Wildman–Crippen LogP) is 2.90. The number of ether oxygens (including phenoxy) is 2. The average Bonchev–Trinajstić information content (AvgIpc) is 3.65. The first-order valence-electron chi connectivity index (χ1n) is 14.6. The minimum Gasteiger partial charge on any atom is -0.491 e. The summed E-state index contributed by atoms with van der Waals surface area (Å²) < 4.78 is 32.2. The number of hydrogen-bond donors (Lipinski definition) is 1. The minimum absolute atomic E-state index is 0.0189. The lowest BCUT2D eigenvalue weighted by Gasteiger charge is -2.34. The van der Waals surface area contributed by atoms with E-state index in [-0.39, 0.29) is 50.1 Å². The van der Waals surface area contributed by atoms with Crippen LogP contribution in [0.25, 0.3) is 11.1 Å². The molecule has 43 heavy (non-hydrogen) atoms. The summed E-state index contributed by atoms with van der Waals surface area (Å²) in [5.74, 6) is -1.10. The van der Waals surface area contributed by atoms with Crippen LogP contribution in [0.2, 0.25) is 0 Å². The number of carbonyl (C=O) groups excluding carboxylic acids is 3. The van der Waals surface area contributed by atoms with E-state index in [0.29, 0.717) is 16.7 Å². The first kappa shape index (κ1) is 28.9. The Hall–Kier alpha value is -4.23. The summed E-state index contributed by atoms with van der Waals surface area (Å²) in [5, 5.41) is 2.77. The Morgan fingerprint density at radius 3 is 2.56 bits per heavy atom. The molecule has 0 spiro atoms. The quantitative estimate of drug-likeness (QED) is 0.353. The second-order valence-electron chi connectivity index (χ2n) is 10.8. The zero-order valence-corrected chi connectivity index (χ0v) is 24.5. The van der Waals surface area contributed by atoms with Gasteiger partial charge in [-0.25, -0.2) is 19.1 Å². The number of halogens is 1. The van der Waals surface area contributed by atoms with Crippen LogP contribution in [0.1, 0.15) is 42.5 Å². The Bertz CT molecular complexity index is 1570. The van der Waals surface area contributed by atoms with Gasteiger partial charge in [-0.1, -0.05) is 13.0 Å². The lowest BCUT2D eigenvalue weighted by atomic mass is 9.95. The molecule has 0 unspecified atom stereocenters. The third kappa shape index (κ3) is 4.95. The largest absolute Gasteiger partial charge is 0.491 e. The summed E-state index contributed by atoms with van der Waals surface area (Å²) in [6, 6.07) is 7.74. The van der Waals surface area contributed by atoms with Crippen LogP contribution < -0.4 is 15.0 Å². The van der Waals surface area contributed by atoms with Gasteiger partial charge in [0.1, 0.15) is 23.8 Å². The van der Waals surface area contributed by atoms with Crippen molar-refractivity contribution in [3.05, 3.63) is 53.0 Å². The summed E-state index contributed by atoms with van der Waals surface area (Å²) in [5.41, 5.74) is -0.484. The van der Waals surface area contributed by atoms with Gasteiger partial charge in [0, 0.05) is 45.4 Å². The number of imide groups is 1. The molecule has 1 N–H and O–H groups in total. The number of fused-ring (bicyclic) bond motifs is 2. The van der Waals surface area contributed by atoms with Crippen molar-refractivity contribution in [2.45, 2.75) is 32.9 Å². The fourth-order valence-corrected chi connectivity index (χ4v) is 5.95. The average molecular weight is 595 g/mol. The number of urea groups is 1. The van der Waals surface area contributed by atoms with Crippen LogP contribution in [-0.2, 0) is 21.6 Å². The molecule has 1 atom stereocenters. The van der Waals surface area contributed by atoms with Gasteiger partial charge in [0.25, 0.3) is 11.8 Å². The number of nitrogens with one attached hydrogen (secondary N) is 1. The van der Waals surface area contributed by atoms with E-state index < -0.39 is 29.2 Å². The fourth-order valence-electron chi connectivity index (χ4n) is 5.95. The summed E-state index contributed by atoms with van der Waals surface area (Å²) in [6.45, 7) is 10.2. The normalized spacial score (nSPS) is 20.8. The molecule has 0 radical (unpaired) electrons. The van der Waals surface area contributed by atoms with E-state index in [9.17, 15) is 14.4 Å². The van der Waals surface area contributed by atoms with Gasteiger partial charge in [0.05, 0.1) is 18.7 Å². The Kier molecular flexibility index (Phi) is 7.69. The smallest absolute Gasteiger partial charge is 0.327 e. The lowest BCUT2D eigenvalue weighted by Crippen LogP contribution is -2.52. The van der Waals surface area contributed by atoms with Crippen LogP contribution in [0, 0.1) is 5.82 Å². The molecule has 2 aromatic heterocycles. The Morgan fingerprint density at radius 2 is 1.84 bits per heavy atom. The maximum absolute atomic E-state index is 15.3. The van der Waals surface area contributed by atoms with E-state index in [1.807, 2.05) is 6.07 Å². The van der Waals surface area contributed by atoms with Crippen molar-refractivity contribution in [3.8, 4) is 5.75 Å². The number of carbonyl (C=O) groups is 3. The van der Waals surface area contributed by atoms with E-state index in [2.05, 4.69) is 22.0 Å². The van der Waals surface area contributed by atoms with Gasteiger partial charge in [-0.2, -0.15) is 0 Å². The molecule has 0 saturated carbocycles. The molecule has 3 aromatic rings. The van der Waals surface area contributed by atoms with Crippen LogP contribution >= 0.6 is 0 Å². The number of aromatic nitrogens is 1. The molecule has 5 heterocycles. The van der Waals surface area contributed by atoms with Gasteiger partial charge < -0.3 is 33.9 Å². The van der Waals surface area contributed by atoms with Crippen molar-refractivity contribution in [1.82, 2.24) is 25.0 Å². The molecule has 228 valence electrons. The maximum Gasteiger partial charge on any atom is 0.327 e. The standard InChI is InChI=1S/C30H35FN6O6/c1-4-34-11-13-35(14-12-34)24-10-9-21-20(32-24)15-23(43-21)30(28(39)37(18-41-5-2)29(40)33-30)17-36-16-19-7-8-22(42-6-3)26(31)25(19)27(36)38/h7-10,15H,4-6,11-14,16-18H2,1-3H3,(H,33,40)/t30-/m0/s1. The maximum atomic E-state index is 15.3. The zero-order valence-electron chi connectivity index (χ0n) is 24.5. The van der Waals surface area contributed by atoms with E-state index in [4.69, 9.17) is 18.9 Å². The number of pyridine rings is 1. The molecule has 0 aliphatic carbocycles. The molecule has 3 aliphatic heterocycles. The van der Waals surface area contributed by atoms with Crippen LogP contribution in [-0.4, -0.2) is 96.7 Å². The van der Waals surface area contributed by atoms with Crippen LogP contribution in [0.5, 0.6) is 5.75 Å². The second-order valence-corrected chi connectivity index (χ2v) is 10.8. The number of amides is 4. The van der Waals surface area contributed by atoms with Crippen molar-refractivity contribution in [3.63, 3.8) is 0 Å². The van der Waals surface area contributed by atoms with Crippen LogP contribution in [0.4, 0.5) is 15.0 Å². The lowest BCUT2D eigenvalue weighted by molar-refractivity contribution is -0.136. The Labute approximate surface area is 248 Å². The number of rotatable bonds is 10. The highest BCUT2D eigenvalue weighted by atomic mass is 19.1. The van der Waals surface area contributed by atoms with Crippen molar-refractivity contribution < 1.29 is 32.7 Å². The molecular weight excluding hydrogens is 559 g/mol. The Morgan fingerprint density at radius 1 is 1.05 bits per heavy atom. The van der Waals surface area contributed by atoms with Gasteiger partial charge in [0.15, 0.2) is 22.7 Å². The van der Waals surface area contributed by atoms with E-state index in [0.717, 1.165) is 43.4 Å². The monoisotopic (exact) mass is 594 g/mol. The number of nitrogens with zero attached hydrogens (tertiary/aromatic N) is 5. The third-order valence-corrected chi connectivity index (χ3v) is 8.31. The number of piperazine rings is 1. The molecule has 0 bridgehead atoms. The molecule has 2 saturated heterocycles. The van der Waals surface area contributed by atoms with Crippen molar-refractivity contribution in [1.29, 1.82) is 0 Å². The highest BCUT2D eigenvalue weighted by Gasteiger charge is 2.57. The minimum atomic E-state index is -1.78. The summed E-state index contributed by atoms with van der Waals surface area (Å²) in [6.07, 6.45) is 0. The molecule has 6 rings (SSSR count). The molecule has 1 aromatic carbocycles. The molecular formula is C30H35FN6O6. The summed E-state index contributed by atoms with van der Waals surface area (Å²) in [4.78, 5) is 52.3. The van der Waals surface area contributed by atoms with Crippen LogP contribution in [0.15, 0.2) is 34.7 Å². The highest BCUT2D eigenvalue weighted by Crippen LogP contribution is 2.38. The molecule has 3 aliphatic rings. The summed E-state index contributed by atoms with van der Waals surface area (Å²) in [7, 11) is 0. The molecule has 2 fully saturated rings. The first-order valence-corrected chi connectivity index (χ1v) is 14.6. The zero-order chi connectivity index (χ0) is 30.3. The third-order valence-electron chi connectivity index (χ3n) is 8.31. The van der Waals surface area contributed by atoms with Crippen molar-refractivity contribution >= 4 is 34.8 Å². The highest BCUT2D eigenvalue weighted by molar-refractivity contribution is 6.08. The fraction of sp³-hybridized carbons (Fsp3) is 0.467. The van der Waals surface area contributed by atoms with Crippen molar-refractivity contribution in [2.75, 3.05) is 64.1 Å². The number of furan rings is 1. The van der Waals surface area contributed by atoms with Gasteiger partial charge in [-0.3, -0.25) is 9.59 Å². The SMILES string of the molecule is CCOCN1C(=O)N[C@@](CN2Cc3ccc(OCC)c(F)c3C2=O)(c2cc3nc(N4CCN(CC)CC4)ccc3o2)C1=O. The predicted molar refractivity (Wildman–Crippen MR) is 154 cm³/mol. The Balaban J connectivity index is 1.35. The number of benzene rings is 1. The number of likely N-dealkylation sites (N-methyl/N-ethyl adjacent to an activating group) is 1. The van der Waals surface area contributed by atoms with Gasteiger partial charge >= 0.3 is 6.03 Å². The molecule has 4 amide bonds. The molecule has 13 heteroatoms. The first-order chi connectivity index (χ1) is 20.8. The van der Waals surface area contributed by atoms with E-state index in [1.54, 1.807) is 32.0 Å². The second kappa shape index (κ2) is 11.5. The summed E-state index contributed by atoms with van der Waals surface area (Å²) >= 11 is 0. The number of hydrogen-bond acceptors (Lipinski definition) is 9. The van der Waals surface area contributed by atoms with Crippen molar-refractivity contribution in [2.24, 2.45) is 0 Å². The van der Waals surface area contributed by atoms with Gasteiger partial charge in [-0.15, -0.1) is 0 Å². The van der Waals surface area contributed by atoms with Gasteiger partial charge in [-0.05, 0) is 44.2 Å². The molecule has 12 nitrogen and oxygen atoms in total. The van der Waals surface area contributed by atoms with E-state index >= 15 is 4.39 Å². The van der Waals surface area contributed by atoms with Gasteiger partial charge in [0.2, 0.25) is 0 Å².